The van der Waals surface area contributed by atoms with Gasteiger partial charge in [0, 0.05) is 18.9 Å². The highest BCUT2D eigenvalue weighted by Gasteiger charge is 2.07. The van der Waals surface area contributed by atoms with Gasteiger partial charge in [-0.3, -0.25) is 14.5 Å². The molecule has 0 aliphatic rings. The van der Waals surface area contributed by atoms with Gasteiger partial charge in [0.15, 0.2) is 0 Å². The van der Waals surface area contributed by atoms with Crippen LogP contribution in [-0.2, 0) is 6.54 Å². The van der Waals surface area contributed by atoms with E-state index in [1.165, 1.54) is 11.3 Å². The molecule has 3 heterocycles. The highest BCUT2D eigenvalue weighted by molar-refractivity contribution is 7.12. The molecule has 0 fully saturated rings. The van der Waals surface area contributed by atoms with Crippen molar-refractivity contribution in [3.8, 4) is 11.4 Å². The van der Waals surface area contributed by atoms with Crippen molar-refractivity contribution in [1.82, 2.24) is 20.1 Å². The molecular weight excluding hydrogens is 296 g/mol. The summed E-state index contributed by atoms with van der Waals surface area (Å²) in [6.45, 7) is 3.15. The Kier molecular flexibility index (Phi) is 4.29. The van der Waals surface area contributed by atoms with Crippen molar-refractivity contribution in [2.24, 2.45) is 0 Å². The second-order valence-corrected chi connectivity index (χ2v) is 5.83. The summed E-state index contributed by atoms with van der Waals surface area (Å²) in [6.07, 6.45) is 3.64. The fraction of sp³-hybridized carbons (Fsp3) is 0.188. The maximum absolute atomic E-state index is 11.9. The molecule has 3 aromatic rings. The minimum Gasteiger partial charge on any atom is -0.349 e. The summed E-state index contributed by atoms with van der Waals surface area (Å²) in [5.74, 6) is -0.0322. The molecule has 0 bridgehead atoms. The first kappa shape index (κ1) is 14.5. The fourth-order valence-corrected chi connectivity index (χ4v) is 2.87. The second kappa shape index (κ2) is 6.53. The number of pyridine rings is 1. The topological polar surface area (TPSA) is 59.8 Å². The molecule has 112 valence electrons. The van der Waals surface area contributed by atoms with Gasteiger partial charge < -0.3 is 5.32 Å². The van der Waals surface area contributed by atoms with E-state index in [1.807, 2.05) is 53.5 Å². The molecule has 0 unspecified atom stereocenters. The zero-order valence-electron chi connectivity index (χ0n) is 12.2. The monoisotopic (exact) mass is 312 g/mol. The van der Waals surface area contributed by atoms with Gasteiger partial charge in [0.2, 0.25) is 0 Å². The smallest absolute Gasteiger partial charge is 0.261 e. The van der Waals surface area contributed by atoms with Crippen LogP contribution in [0.25, 0.3) is 11.4 Å². The predicted octanol–water partition coefficient (Wildman–Crippen LogP) is 2.75. The van der Waals surface area contributed by atoms with Crippen LogP contribution < -0.4 is 5.32 Å². The van der Waals surface area contributed by atoms with E-state index in [1.54, 1.807) is 6.20 Å². The van der Waals surface area contributed by atoms with E-state index in [4.69, 9.17) is 0 Å². The minimum absolute atomic E-state index is 0.0322. The van der Waals surface area contributed by atoms with Crippen molar-refractivity contribution in [2.45, 2.75) is 13.5 Å². The maximum Gasteiger partial charge on any atom is 0.261 e. The Labute approximate surface area is 132 Å². The first-order valence-corrected chi connectivity index (χ1v) is 7.88. The quantitative estimate of drug-likeness (QED) is 0.788. The van der Waals surface area contributed by atoms with Crippen LogP contribution in [0.4, 0.5) is 0 Å². The van der Waals surface area contributed by atoms with Crippen molar-refractivity contribution in [3.05, 3.63) is 58.5 Å². The van der Waals surface area contributed by atoms with E-state index in [0.29, 0.717) is 13.1 Å². The molecule has 6 heteroatoms. The molecule has 0 saturated heterocycles. The van der Waals surface area contributed by atoms with Gasteiger partial charge in [0.1, 0.15) is 5.69 Å². The van der Waals surface area contributed by atoms with E-state index in [0.717, 1.165) is 21.8 Å². The lowest BCUT2D eigenvalue weighted by Gasteiger charge is -2.04. The highest BCUT2D eigenvalue weighted by atomic mass is 32.1. The van der Waals surface area contributed by atoms with Crippen molar-refractivity contribution < 1.29 is 4.79 Å². The average molecular weight is 312 g/mol. The Morgan fingerprint density at radius 3 is 2.95 bits per heavy atom. The van der Waals surface area contributed by atoms with Gasteiger partial charge in [0.05, 0.1) is 17.1 Å². The van der Waals surface area contributed by atoms with Crippen LogP contribution in [0.2, 0.25) is 0 Å². The van der Waals surface area contributed by atoms with Crippen LogP contribution in [0.5, 0.6) is 0 Å². The molecule has 1 amide bonds. The molecule has 0 atom stereocenters. The molecule has 22 heavy (non-hydrogen) atoms. The fourth-order valence-electron chi connectivity index (χ4n) is 2.06. The molecular formula is C16H16N4OS. The van der Waals surface area contributed by atoms with Gasteiger partial charge in [-0.1, -0.05) is 6.07 Å². The largest absolute Gasteiger partial charge is 0.349 e. The number of rotatable bonds is 5. The summed E-state index contributed by atoms with van der Waals surface area (Å²) in [6, 6.07) is 9.56. The molecule has 0 spiro atoms. The molecule has 1 N–H and O–H groups in total. The lowest BCUT2D eigenvalue weighted by atomic mass is 10.3. The van der Waals surface area contributed by atoms with Crippen LogP contribution in [-0.4, -0.2) is 27.2 Å². The Morgan fingerprint density at radius 2 is 2.23 bits per heavy atom. The highest BCUT2D eigenvalue weighted by Crippen LogP contribution is 2.14. The number of carbonyl (C=O) groups excluding carboxylic acids is 1. The molecule has 0 aliphatic heterocycles. The first-order chi connectivity index (χ1) is 10.7. The molecule has 0 aliphatic carbocycles. The maximum atomic E-state index is 11.9. The number of nitrogens with zero attached hydrogens (tertiary/aromatic N) is 3. The molecule has 3 rings (SSSR count). The Morgan fingerprint density at radius 1 is 1.32 bits per heavy atom. The summed E-state index contributed by atoms with van der Waals surface area (Å²) in [5.41, 5.74) is 2.79. The summed E-state index contributed by atoms with van der Waals surface area (Å²) in [5, 5.41) is 9.34. The second-order valence-electron chi connectivity index (χ2n) is 4.92. The number of carbonyl (C=O) groups is 1. The number of amides is 1. The Hall–Kier alpha value is -2.47. The standard InChI is InChI=1S/C16H16N4OS/c1-12-10-15(22-11-12)16(21)18-7-9-20-8-5-14(19-20)13-4-2-3-6-17-13/h2-6,8,10-11H,7,9H2,1H3,(H,18,21). The van der Waals surface area contributed by atoms with Gasteiger partial charge in [-0.05, 0) is 42.1 Å². The van der Waals surface area contributed by atoms with Crippen molar-refractivity contribution in [2.75, 3.05) is 6.54 Å². The summed E-state index contributed by atoms with van der Waals surface area (Å²) in [7, 11) is 0. The number of hydrogen-bond donors (Lipinski definition) is 1. The van der Waals surface area contributed by atoms with Crippen molar-refractivity contribution in [3.63, 3.8) is 0 Å². The average Bonchev–Trinajstić information content (AvgIpc) is 3.17. The number of hydrogen-bond acceptors (Lipinski definition) is 4. The number of nitrogens with one attached hydrogen (secondary N) is 1. The van der Waals surface area contributed by atoms with Crippen LogP contribution in [0, 0.1) is 6.92 Å². The van der Waals surface area contributed by atoms with Gasteiger partial charge in [-0.25, -0.2) is 0 Å². The molecule has 0 aromatic carbocycles. The van der Waals surface area contributed by atoms with Crippen LogP contribution in [0.15, 0.2) is 48.1 Å². The van der Waals surface area contributed by atoms with Crippen molar-refractivity contribution in [1.29, 1.82) is 0 Å². The third-order valence-corrected chi connectivity index (χ3v) is 4.20. The normalized spacial score (nSPS) is 10.6. The van der Waals surface area contributed by atoms with Gasteiger partial charge >= 0.3 is 0 Å². The summed E-state index contributed by atoms with van der Waals surface area (Å²) < 4.78 is 1.81. The van der Waals surface area contributed by atoms with Crippen LogP contribution in [0.3, 0.4) is 0 Å². The van der Waals surface area contributed by atoms with Gasteiger partial charge in [0.25, 0.3) is 5.91 Å². The van der Waals surface area contributed by atoms with E-state index in [2.05, 4.69) is 15.4 Å². The predicted molar refractivity (Wildman–Crippen MR) is 86.8 cm³/mol. The molecule has 3 aromatic heterocycles. The van der Waals surface area contributed by atoms with Crippen LogP contribution in [0.1, 0.15) is 15.2 Å². The summed E-state index contributed by atoms with van der Waals surface area (Å²) in [4.78, 5) is 16.9. The van der Waals surface area contributed by atoms with E-state index < -0.39 is 0 Å². The molecule has 5 nitrogen and oxygen atoms in total. The molecule has 0 saturated carbocycles. The van der Waals surface area contributed by atoms with E-state index in [9.17, 15) is 4.79 Å². The van der Waals surface area contributed by atoms with Gasteiger partial charge in [-0.2, -0.15) is 5.10 Å². The number of aromatic nitrogens is 3. The lowest BCUT2D eigenvalue weighted by Crippen LogP contribution is -2.26. The number of thiophene rings is 1. The third-order valence-electron chi connectivity index (χ3n) is 3.15. The van der Waals surface area contributed by atoms with Gasteiger partial charge in [-0.15, -0.1) is 11.3 Å². The Bertz CT molecular complexity index is 763. The van der Waals surface area contributed by atoms with Crippen molar-refractivity contribution >= 4 is 17.2 Å². The lowest BCUT2D eigenvalue weighted by molar-refractivity contribution is 0.0956. The summed E-state index contributed by atoms with van der Waals surface area (Å²) >= 11 is 1.46. The van der Waals surface area contributed by atoms with E-state index in [-0.39, 0.29) is 5.91 Å². The number of aryl methyl sites for hydroxylation is 1. The zero-order chi connectivity index (χ0) is 15.4. The minimum atomic E-state index is -0.0322. The van der Waals surface area contributed by atoms with E-state index >= 15 is 0 Å². The Balaban J connectivity index is 1.54. The van der Waals surface area contributed by atoms with Crippen LogP contribution >= 0.6 is 11.3 Å². The SMILES string of the molecule is Cc1csc(C(=O)NCCn2ccc(-c3ccccn3)n2)c1. The third kappa shape index (κ3) is 3.40. The zero-order valence-corrected chi connectivity index (χ0v) is 13.0. The first-order valence-electron chi connectivity index (χ1n) is 7.00. The molecule has 0 radical (unpaired) electrons.